The van der Waals surface area contributed by atoms with Gasteiger partial charge in [-0.3, -0.25) is 4.90 Å². The molecule has 1 N–H and O–H groups in total. The highest BCUT2D eigenvalue weighted by Gasteiger charge is 2.40. The van der Waals surface area contributed by atoms with Gasteiger partial charge in [0.1, 0.15) is 0 Å². The van der Waals surface area contributed by atoms with Crippen molar-refractivity contribution in [1.29, 1.82) is 0 Å². The van der Waals surface area contributed by atoms with Gasteiger partial charge in [-0.1, -0.05) is 6.92 Å². The molecule has 2 atom stereocenters. The van der Waals surface area contributed by atoms with E-state index in [4.69, 9.17) is 4.74 Å². The van der Waals surface area contributed by atoms with E-state index in [1.165, 1.54) is 17.2 Å². The minimum atomic E-state index is -5.04. The highest BCUT2D eigenvalue weighted by Crippen LogP contribution is 2.43. The molecule has 0 unspecified atom stereocenters. The molecule has 238 valence electrons. The first-order valence-electron chi connectivity index (χ1n) is 13.2. The van der Waals surface area contributed by atoms with Crippen molar-refractivity contribution in [2.75, 3.05) is 16.8 Å². The predicted molar refractivity (Wildman–Crippen MR) is 145 cm³/mol. The Labute approximate surface area is 253 Å². The predicted octanol–water partition coefficient (Wildman–Crippen LogP) is 9.18. The Balaban J connectivity index is 1.73. The van der Waals surface area contributed by atoms with Gasteiger partial charge in [0, 0.05) is 18.7 Å². The standard InChI is InChI=1S/C28H24BrF9N4O2/c1-3-18-12-21(19-11-15(26(30,31)32)5-6-23(19)42(18)25(43)44-4-2)40-24-39-13-20(29)22(41-24)9-14-7-16(27(33,34)35)10-17(8-14)28(36,37)38/h5-8,10-11,13,18,21H,3-4,9,12H2,1-2H3,(H,39,40,41)/t18-,21+/m1/s1. The van der Waals surface area contributed by atoms with Crippen LogP contribution in [0.1, 0.15) is 66.2 Å². The number of anilines is 2. The Hall–Kier alpha value is -3.56. The zero-order valence-electron chi connectivity index (χ0n) is 23.0. The van der Waals surface area contributed by atoms with Crippen LogP contribution in [0.25, 0.3) is 0 Å². The van der Waals surface area contributed by atoms with Crippen molar-refractivity contribution in [3.05, 3.63) is 80.6 Å². The molecule has 0 saturated carbocycles. The molecule has 2 heterocycles. The highest BCUT2D eigenvalue weighted by molar-refractivity contribution is 9.10. The smallest absolute Gasteiger partial charge is 0.416 e. The van der Waals surface area contributed by atoms with E-state index >= 15 is 0 Å². The summed E-state index contributed by atoms with van der Waals surface area (Å²) in [6.45, 7) is 3.41. The van der Waals surface area contributed by atoms with E-state index in [2.05, 4.69) is 31.2 Å². The van der Waals surface area contributed by atoms with Crippen LogP contribution in [-0.2, 0) is 29.7 Å². The number of hydrogen-bond acceptors (Lipinski definition) is 5. The number of carbonyl (C=O) groups is 1. The molecule has 44 heavy (non-hydrogen) atoms. The van der Waals surface area contributed by atoms with Crippen LogP contribution in [0, 0.1) is 0 Å². The molecule has 0 spiro atoms. The molecular formula is C28H24BrF9N4O2. The number of ether oxygens (including phenoxy) is 1. The van der Waals surface area contributed by atoms with Crippen LogP contribution in [0.4, 0.5) is 55.9 Å². The lowest BCUT2D eigenvalue weighted by atomic mass is 9.89. The van der Waals surface area contributed by atoms with Gasteiger partial charge in [0.05, 0.1) is 45.2 Å². The number of amides is 1. The van der Waals surface area contributed by atoms with Gasteiger partial charge >= 0.3 is 24.6 Å². The van der Waals surface area contributed by atoms with E-state index in [9.17, 15) is 44.3 Å². The van der Waals surface area contributed by atoms with E-state index in [0.717, 1.165) is 12.1 Å². The lowest BCUT2D eigenvalue weighted by molar-refractivity contribution is -0.143. The summed E-state index contributed by atoms with van der Waals surface area (Å²) in [6.07, 6.45) is -14.2. The maximum atomic E-state index is 13.6. The van der Waals surface area contributed by atoms with Crippen LogP contribution in [0.5, 0.6) is 0 Å². The van der Waals surface area contributed by atoms with Crippen LogP contribution >= 0.6 is 15.9 Å². The number of hydrogen-bond donors (Lipinski definition) is 1. The summed E-state index contributed by atoms with van der Waals surface area (Å²) in [6, 6.07) is 2.74. The first kappa shape index (κ1) is 33.3. The molecule has 1 amide bonds. The Kier molecular flexibility index (Phi) is 9.43. The van der Waals surface area contributed by atoms with Gasteiger partial charge < -0.3 is 10.1 Å². The second kappa shape index (κ2) is 12.4. The van der Waals surface area contributed by atoms with Crippen molar-refractivity contribution in [3.8, 4) is 0 Å². The molecule has 3 aromatic rings. The van der Waals surface area contributed by atoms with E-state index in [1.807, 2.05) is 0 Å². The van der Waals surface area contributed by atoms with Crippen LogP contribution in [-0.4, -0.2) is 28.7 Å². The van der Waals surface area contributed by atoms with Crippen molar-refractivity contribution >= 4 is 33.7 Å². The molecule has 0 fully saturated rings. The number of nitrogens with zero attached hydrogens (tertiary/aromatic N) is 3. The van der Waals surface area contributed by atoms with Gasteiger partial charge in [-0.25, -0.2) is 14.8 Å². The molecule has 1 aromatic heterocycles. The molecule has 2 aromatic carbocycles. The Morgan fingerprint density at radius 1 is 0.955 bits per heavy atom. The van der Waals surface area contributed by atoms with Crippen molar-refractivity contribution < 1.29 is 49.0 Å². The number of alkyl halides is 9. The fourth-order valence-corrected chi connectivity index (χ4v) is 5.25. The summed E-state index contributed by atoms with van der Waals surface area (Å²) >= 11 is 3.17. The average molecular weight is 699 g/mol. The van der Waals surface area contributed by atoms with Crippen molar-refractivity contribution in [2.24, 2.45) is 0 Å². The number of rotatable bonds is 6. The summed E-state index contributed by atoms with van der Waals surface area (Å²) in [4.78, 5) is 22.5. The molecule has 0 saturated heterocycles. The van der Waals surface area contributed by atoms with E-state index < -0.39 is 59.8 Å². The van der Waals surface area contributed by atoms with E-state index in [1.54, 1.807) is 13.8 Å². The quantitative estimate of drug-likeness (QED) is 0.260. The number of benzene rings is 2. The van der Waals surface area contributed by atoms with Crippen LogP contribution in [0.3, 0.4) is 0 Å². The summed E-state index contributed by atoms with van der Waals surface area (Å²) in [7, 11) is 0. The molecule has 1 aliphatic rings. The van der Waals surface area contributed by atoms with Gasteiger partial charge in [-0.2, -0.15) is 39.5 Å². The number of carbonyl (C=O) groups excluding carboxylic acids is 1. The lowest BCUT2D eigenvalue weighted by Gasteiger charge is -2.40. The molecule has 0 aliphatic carbocycles. The third-order valence-corrected chi connectivity index (χ3v) is 7.60. The summed E-state index contributed by atoms with van der Waals surface area (Å²) < 4.78 is 126. The van der Waals surface area contributed by atoms with E-state index in [-0.39, 0.29) is 52.0 Å². The van der Waals surface area contributed by atoms with Crippen LogP contribution < -0.4 is 10.2 Å². The monoisotopic (exact) mass is 698 g/mol. The summed E-state index contributed by atoms with van der Waals surface area (Å²) in [5.41, 5.74) is -3.97. The second-order valence-electron chi connectivity index (χ2n) is 9.91. The molecular weight excluding hydrogens is 675 g/mol. The van der Waals surface area contributed by atoms with Gasteiger partial charge in [0.2, 0.25) is 5.95 Å². The number of fused-ring (bicyclic) bond motifs is 1. The second-order valence-corrected chi connectivity index (χ2v) is 10.8. The zero-order chi connectivity index (χ0) is 32.6. The van der Waals surface area contributed by atoms with Crippen LogP contribution in [0.2, 0.25) is 0 Å². The fraction of sp³-hybridized carbons (Fsp3) is 0.393. The van der Waals surface area contributed by atoms with Crippen molar-refractivity contribution in [1.82, 2.24) is 9.97 Å². The Bertz CT molecular complexity index is 1490. The van der Waals surface area contributed by atoms with Crippen LogP contribution in [0.15, 0.2) is 47.1 Å². The Morgan fingerprint density at radius 2 is 1.57 bits per heavy atom. The lowest BCUT2D eigenvalue weighted by Crippen LogP contribution is -2.46. The first-order chi connectivity index (χ1) is 20.4. The zero-order valence-corrected chi connectivity index (χ0v) is 24.5. The highest BCUT2D eigenvalue weighted by atomic mass is 79.9. The van der Waals surface area contributed by atoms with Crippen molar-refractivity contribution in [2.45, 2.75) is 63.7 Å². The van der Waals surface area contributed by atoms with Gasteiger partial charge in [0.15, 0.2) is 0 Å². The third-order valence-electron chi connectivity index (χ3n) is 6.94. The minimum absolute atomic E-state index is 0.0188. The summed E-state index contributed by atoms with van der Waals surface area (Å²) in [5, 5.41) is 2.95. The first-order valence-corrected chi connectivity index (χ1v) is 13.9. The SMILES string of the molecule is CCOC(=O)N1c2ccc(C(F)(F)F)cc2[C@@H](Nc2ncc(Br)c(Cc3cc(C(F)(F)F)cc(C(F)(F)F)c3)n2)C[C@H]1CC. The molecule has 16 heteroatoms. The molecule has 0 radical (unpaired) electrons. The topological polar surface area (TPSA) is 67.3 Å². The molecule has 6 nitrogen and oxygen atoms in total. The fourth-order valence-electron chi connectivity index (χ4n) is 4.92. The molecule has 4 rings (SSSR count). The van der Waals surface area contributed by atoms with E-state index in [0.29, 0.717) is 18.6 Å². The minimum Gasteiger partial charge on any atom is -0.449 e. The molecule has 1 aliphatic heterocycles. The average Bonchev–Trinajstić information content (AvgIpc) is 2.92. The number of aromatic nitrogens is 2. The molecule has 0 bridgehead atoms. The third kappa shape index (κ3) is 7.38. The number of nitrogens with one attached hydrogen (secondary N) is 1. The number of halogens is 10. The summed E-state index contributed by atoms with van der Waals surface area (Å²) in [5.74, 6) is -0.140. The maximum absolute atomic E-state index is 13.6. The van der Waals surface area contributed by atoms with Gasteiger partial charge in [-0.15, -0.1) is 0 Å². The van der Waals surface area contributed by atoms with Gasteiger partial charge in [0.25, 0.3) is 0 Å². The normalized spacial score (nSPS) is 17.3. The largest absolute Gasteiger partial charge is 0.449 e. The maximum Gasteiger partial charge on any atom is 0.416 e. The Morgan fingerprint density at radius 3 is 2.11 bits per heavy atom. The van der Waals surface area contributed by atoms with Gasteiger partial charge in [-0.05, 0) is 83.2 Å². The van der Waals surface area contributed by atoms with Crippen molar-refractivity contribution in [3.63, 3.8) is 0 Å².